The van der Waals surface area contributed by atoms with Crippen LogP contribution in [0.3, 0.4) is 0 Å². The molecule has 0 heterocycles. The molecule has 0 aliphatic rings. The Kier molecular flexibility index (Phi) is 7.84. The largest absolute Gasteiger partial charge is 0.497 e. The van der Waals surface area contributed by atoms with E-state index in [2.05, 4.69) is 16.0 Å². The van der Waals surface area contributed by atoms with Gasteiger partial charge < -0.3 is 20.7 Å². The molecular formula is C20H23N3O4. The molecule has 7 heteroatoms. The molecule has 0 fully saturated rings. The van der Waals surface area contributed by atoms with E-state index in [1.54, 1.807) is 43.5 Å². The second kappa shape index (κ2) is 10.6. The van der Waals surface area contributed by atoms with Gasteiger partial charge in [-0.2, -0.15) is 0 Å². The minimum atomic E-state index is -0.316. The number of methoxy groups -OCH3 is 1. The van der Waals surface area contributed by atoms with Crippen LogP contribution in [0.4, 0.5) is 0 Å². The van der Waals surface area contributed by atoms with E-state index in [-0.39, 0.29) is 37.2 Å². The van der Waals surface area contributed by atoms with Crippen molar-refractivity contribution in [1.82, 2.24) is 16.0 Å². The lowest BCUT2D eigenvalue weighted by atomic mass is 10.1. The Balaban J connectivity index is 1.59. The van der Waals surface area contributed by atoms with Crippen molar-refractivity contribution in [2.45, 2.75) is 6.42 Å². The zero-order chi connectivity index (χ0) is 19.5. The predicted molar refractivity (Wildman–Crippen MR) is 101 cm³/mol. The third kappa shape index (κ3) is 7.19. The lowest BCUT2D eigenvalue weighted by Crippen LogP contribution is -2.40. The molecule has 0 aliphatic heterocycles. The van der Waals surface area contributed by atoms with Gasteiger partial charge in [-0.1, -0.05) is 30.3 Å². The molecule has 142 valence electrons. The van der Waals surface area contributed by atoms with E-state index < -0.39 is 0 Å². The van der Waals surface area contributed by atoms with Gasteiger partial charge in [0.2, 0.25) is 11.8 Å². The van der Waals surface area contributed by atoms with Gasteiger partial charge in [0.25, 0.3) is 5.91 Å². The highest BCUT2D eigenvalue weighted by Crippen LogP contribution is 2.11. The summed E-state index contributed by atoms with van der Waals surface area (Å²) in [6, 6.07) is 15.9. The summed E-state index contributed by atoms with van der Waals surface area (Å²) < 4.78 is 5.07. The third-order valence-corrected chi connectivity index (χ3v) is 3.74. The van der Waals surface area contributed by atoms with Crippen molar-refractivity contribution in [3.8, 4) is 5.75 Å². The lowest BCUT2D eigenvalue weighted by molar-refractivity contribution is -0.122. The maximum atomic E-state index is 11.9. The van der Waals surface area contributed by atoms with Gasteiger partial charge in [0.1, 0.15) is 5.75 Å². The van der Waals surface area contributed by atoms with Crippen LogP contribution in [0.5, 0.6) is 5.75 Å². The minimum absolute atomic E-state index is 0.118. The van der Waals surface area contributed by atoms with Gasteiger partial charge in [-0.15, -0.1) is 0 Å². The zero-order valence-corrected chi connectivity index (χ0v) is 15.2. The Hall–Kier alpha value is -3.35. The lowest BCUT2D eigenvalue weighted by Gasteiger charge is -2.08. The molecule has 0 saturated heterocycles. The maximum absolute atomic E-state index is 11.9. The minimum Gasteiger partial charge on any atom is -0.497 e. The second-order valence-electron chi connectivity index (χ2n) is 5.77. The highest BCUT2D eigenvalue weighted by atomic mass is 16.5. The van der Waals surface area contributed by atoms with Crippen LogP contribution in [0, 0.1) is 0 Å². The first-order chi connectivity index (χ1) is 13.1. The average Bonchev–Trinajstić information content (AvgIpc) is 2.70. The molecule has 2 rings (SSSR count). The summed E-state index contributed by atoms with van der Waals surface area (Å²) in [5.41, 5.74) is 1.37. The van der Waals surface area contributed by atoms with Gasteiger partial charge in [-0.05, 0) is 29.8 Å². The second-order valence-corrected chi connectivity index (χ2v) is 5.77. The van der Waals surface area contributed by atoms with Crippen LogP contribution in [-0.2, 0) is 16.0 Å². The van der Waals surface area contributed by atoms with Crippen molar-refractivity contribution in [2.24, 2.45) is 0 Å². The van der Waals surface area contributed by atoms with E-state index >= 15 is 0 Å². The summed E-state index contributed by atoms with van der Waals surface area (Å²) in [6.07, 6.45) is 0.255. The number of benzene rings is 2. The van der Waals surface area contributed by atoms with E-state index in [0.717, 1.165) is 11.3 Å². The summed E-state index contributed by atoms with van der Waals surface area (Å²) in [5, 5.41) is 7.91. The molecule has 3 amide bonds. The number of ether oxygens (including phenoxy) is 1. The summed E-state index contributed by atoms with van der Waals surface area (Å²) in [5.74, 6) is -0.0183. The van der Waals surface area contributed by atoms with Gasteiger partial charge in [0, 0.05) is 18.7 Å². The van der Waals surface area contributed by atoms with E-state index in [1.807, 2.05) is 18.2 Å². The number of hydrogen-bond acceptors (Lipinski definition) is 4. The number of nitrogens with one attached hydrogen (secondary N) is 3. The van der Waals surface area contributed by atoms with Gasteiger partial charge in [0.15, 0.2) is 0 Å². The normalized spacial score (nSPS) is 9.96. The van der Waals surface area contributed by atoms with Crippen LogP contribution in [0.2, 0.25) is 0 Å². The Morgan fingerprint density at radius 2 is 1.44 bits per heavy atom. The Bertz CT molecular complexity index is 761. The molecule has 0 bridgehead atoms. The van der Waals surface area contributed by atoms with Crippen molar-refractivity contribution in [3.05, 3.63) is 65.7 Å². The molecule has 0 radical (unpaired) electrons. The average molecular weight is 369 g/mol. The van der Waals surface area contributed by atoms with Crippen LogP contribution < -0.4 is 20.7 Å². The van der Waals surface area contributed by atoms with E-state index in [4.69, 9.17) is 4.74 Å². The highest BCUT2D eigenvalue weighted by molar-refractivity contribution is 5.96. The first kappa shape index (κ1) is 20.0. The van der Waals surface area contributed by atoms with Crippen LogP contribution in [0.1, 0.15) is 15.9 Å². The van der Waals surface area contributed by atoms with Crippen molar-refractivity contribution in [3.63, 3.8) is 0 Å². The standard InChI is InChI=1S/C20H23N3O4/c1-27-17-9-7-15(8-10-17)13-18(24)21-11-12-22-19(25)14-23-20(26)16-5-3-2-4-6-16/h2-10H,11-14H2,1H3,(H,21,24)(H,22,25)(H,23,26). The van der Waals surface area contributed by atoms with Crippen molar-refractivity contribution >= 4 is 17.7 Å². The molecule has 0 spiro atoms. The van der Waals surface area contributed by atoms with Crippen LogP contribution in [0.25, 0.3) is 0 Å². The zero-order valence-electron chi connectivity index (χ0n) is 15.2. The van der Waals surface area contributed by atoms with E-state index in [9.17, 15) is 14.4 Å². The van der Waals surface area contributed by atoms with Gasteiger partial charge in [-0.25, -0.2) is 0 Å². The number of carbonyl (C=O) groups is 3. The van der Waals surface area contributed by atoms with Crippen LogP contribution in [-0.4, -0.2) is 44.5 Å². The van der Waals surface area contributed by atoms with Crippen molar-refractivity contribution in [2.75, 3.05) is 26.7 Å². The fourth-order valence-electron chi connectivity index (χ4n) is 2.31. The Labute approximate surface area is 158 Å². The molecule has 0 unspecified atom stereocenters. The fourth-order valence-corrected chi connectivity index (χ4v) is 2.31. The third-order valence-electron chi connectivity index (χ3n) is 3.74. The molecule has 3 N–H and O–H groups in total. The summed E-state index contributed by atoms with van der Waals surface area (Å²) in [6.45, 7) is 0.481. The predicted octanol–water partition coefficient (Wildman–Crippen LogP) is 0.900. The molecule has 0 aromatic heterocycles. The van der Waals surface area contributed by atoms with Gasteiger partial charge >= 0.3 is 0 Å². The first-order valence-electron chi connectivity index (χ1n) is 8.58. The van der Waals surface area contributed by atoms with Crippen molar-refractivity contribution in [1.29, 1.82) is 0 Å². The van der Waals surface area contributed by atoms with Crippen LogP contribution in [0.15, 0.2) is 54.6 Å². The molecule has 2 aromatic rings. The summed E-state index contributed by atoms with van der Waals surface area (Å²) in [4.78, 5) is 35.4. The SMILES string of the molecule is COc1ccc(CC(=O)NCCNC(=O)CNC(=O)c2ccccc2)cc1. The Morgan fingerprint density at radius 3 is 2.07 bits per heavy atom. The number of carbonyl (C=O) groups excluding carboxylic acids is 3. The molecule has 2 aromatic carbocycles. The topological polar surface area (TPSA) is 96.5 Å². The summed E-state index contributed by atoms with van der Waals surface area (Å²) in [7, 11) is 1.59. The number of amides is 3. The van der Waals surface area contributed by atoms with E-state index in [0.29, 0.717) is 12.1 Å². The summed E-state index contributed by atoms with van der Waals surface area (Å²) >= 11 is 0. The number of rotatable bonds is 9. The van der Waals surface area contributed by atoms with Gasteiger partial charge in [-0.3, -0.25) is 14.4 Å². The molecule has 27 heavy (non-hydrogen) atoms. The molecule has 0 aliphatic carbocycles. The smallest absolute Gasteiger partial charge is 0.251 e. The van der Waals surface area contributed by atoms with E-state index in [1.165, 1.54) is 0 Å². The maximum Gasteiger partial charge on any atom is 0.251 e. The quantitative estimate of drug-likeness (QED) is 0.572. The Morgan fingerprint density at radius 1 is 0.815 bits per heavy atom. The first-order valence-corrected chi connectivity index (χ1v) is 8.58. The molecule has 7 nitrogen and oxygen atoms in total. The fraction of sp³-hybridized carbons (Fsp3) is 0.250. The van der Waals surface area contributed by atoms with Gasteiger partial charge in [0.05, 0.1) is 20.1 Å². The molecule has 0 atom stereocenters. The monoisotopic (exact) mass is 369 g/mol. The number of hydrogen-bond donors (Lipinski definition) is 3. The molecule has 0 saturated carbocycles. The molecular weight excluding hydrogens is 346 g/mol. The van der Waals surface area contributed by atoms with Crippen LogP contribution >= 0.6 is 0 Å². The van der Waals surface area contributed by atoms with Crippen molar-refractivity contribution < 1.29 is 19.1 Å². The highest BCUT2D eigenvalue weighted by Gasteiger charge is 2.07.